The number of carbonyl (C=O) groups excluding carboxylic acids is 1. The molecule has 1 aromatic rings. The molecule has 2 nitrogen and oxygen atoms in total. The molecule has 0 saturated carbocycles. The van der Waals surface area contributed by atoms with Crippen LogP contribution in [-0.4, -0.2) is 12.1 Å². The summed E-state index contributed by atoms with van der Waals surface area (Å²) in [5.74, 6) is -0.689. The van der Waals surface area contributed by atoms with Crippen LogP contribution in [0.25, 0.3) is 0 Å². The molecule has 1 rings (SSSR count). The number of carbonyl (C=O) groups is 1. The van der Waals surface area contributed by atoms with Gasteiger partial charge in [0.1, 0.15) is 0 Å². The van der Waals surface area contributed by atoms with E-state index in [1.54, 1.807) is 12.1 Å². The fourth-order valence-electron chi connectivity index (χ4n) is 1.93. The summed E-state index contributed by atoms with van der Waals surface area (Å²) < 4.78 is 44.1. The van der Waals surface area contributed by atoms with E-state index in [1.165, 1.54) is 12.1 Å². The van der Waals surface area contributed by atoms with Gasteiger partial charge in [0.05, 0.1) is 0 Å². The number of ether oxygens (including phenoxy) is 1. The van der Waals surface area contributed by atoms with Crippen molar-refractivity contribution in [2.24, 2.45) is 0 Å². The molecule has 0 heterocycles. The SMILES string of the molecule is CCC(C)c1ccc(C(C)(OC(C)=O)C(F)(F)F)cc1. The first kappa shape index (κ1) is 16.5. The monoisotopic (exact) mass is 288 g/mol. The summed E-state index contributed by atoms with van der Waals surface area (Å²) in [7, 11) is 0. The van der Waals surface area contributed by atoms with Gasteiger partial charge in [-0.15, -0.1) is 0 Å². The van der Waals surface area contributed by atoms with Crippen LogP contribution in [0.15, 0.2) is 24.3 Å². The summed E-state index contributed by atoms with van der Waals surface area (Å²) in [5.41, 5.74) is -1.73. The molecule has 0 aromatic heterocycles. The lowest BCUT2D eigenvalue weighted by molar-refractivity contribution is -0.268. The normalized spacial score (nSPS) is 16.4. The maximum atomic E-state index is 13.2. The molecule has 2 unspecified atom stereocenters. The number of halogens is 3. The van der Waals surface area contributed by atoms with Crippen LogP contribution >= 0.6 is 0 Å². The van der Waals surface area contributed by atoms with Gasteiger partial charge in [0.25, 0.3) is 0 Å². The van der Waals surface area contributed by atoms with Crippen molar-refractivity contribution >= 4 is 5.97 Å². The first-order valence-corrected chi connectivity index (χ1v) is 6.48. The van der Waals surface area contributed by atoms with E-state index < -0.39 is 17.7 Å². The Morgan fingerprint density at radius 1 is 1.25 bits per heavy atom. The van der Waals surface area contributed by atoms with Crippen LogP contribution in [0, 0.1) is 0 Å². The van der Waals surface area contributed by atoms with Crippen molar-refractivity contribution in [1.82, 2.24) is 0 Å². The van der Waals surface area contributed by atoms with Crippen molar-refractivity contribution in [3.05, 3.63) is 35.4 Å². The van der Waals surface area contributed by atoms with Crippen LogP contribution in [0.4, 0.5) is 13.2 Å². The Labute approximate surface area is 116 Å². The molecule has 112 valence electrons. The van der Waals surface area contributed by atoms with Gasteiger partial charge in [-0.1, -0.05) is 38.1 Å². The molecule has 0 spiro atoms. The van der Waals surface area contributed by atoms with Crippen LogP contribution in [-0.2, 0) is 15.1 Å². The minimum atomic E-state index is -4.67. The Bertz CT molecular complexity index is 465. The van der Waals surface area contributed by atoms with Gasteiger partial charge in [0.15, 0.2) is 0 Å². The molecule has 0 aliphatic carbocycles. The van der Waals surface area contributed by atoms with E-state index >= 15 is 0 Å². The molecule has 2 atom stereocenters. The van der Waals surface area contributed by atoms with E-state index in [-0.39, 0.29) is 11.5 Å². The summed E-state index contributed by atoms with van der Waals surface area (Å²) >= 11 is 0. The second-order valence-corrected chi connectivity index (χ2v) is 5.06. The molecule has 0 N–H and O–H groups in total. The van der Waals surface area contributed by atoms with Crippen molar-refractivity contribution in [2.45, 2.75) is 51.8 Å². The Morgan fingerprint density at radius 3 is 2.10 bits per heavy atom. The highest BCUT2D eigenvalue weighted by molar-refractivity contribution is 5.67. The summed E-state index contributed by atoms with van der Waals surface area (Å²) in [5, 5.41) is 0. The zero-order valence-corrected chi connectivity index (χ0v) is 12.0. The number of benzene rings is 1. The third-order valence-corrected chi connectivity index (χ3v) is 3.53. The molecule has 0 radical (unpaired) electrons. The number of hydrogen-bond acceptors (Lipinski definition) is 2. The second kappa shape index (κ2) is 5.85. The molecular formula is C15H19F3O2. The molecule has 0 aliphatic rings. The molecule has 0 saturated heterocycles. The minimum Gasteiger partial charge on any atom is -0.445 e. The lowest BCUT2D eigenvalue weighted by atomic mass is 9.91. The van der Waals surface area contributed by atoms with Gasteiger partial charge in [0, 0.05) is 12.5 Å². The number of hydrogen-bond donors (Lipinski definition) is 0. The van der Waals surface area contributed by atoms with Gasteiger partial charge in [-0.05, 0) is 24.8 Å². The van der Waals surface area contributed by atoms with Crippen LogP contribution in [0.3, 0.4) is 0 Å². The Hall–Kier alpha value is -1.52. The highest BCUT2D eigenvalue weighted by Gasteiger charge is 2.55. The van der Waals surface area contributed by atoms with Gasteiger partial charge >= 0.3 is 12.1 Å². The van der Waals surface area contributed by atoms with Gasteiger partial charge in [-0.3, -0.25) is 4.79 Å². The summed E-state index contributed by atoms with van der Waals surface area (Å²) in [6.07, 6.45) is -3.77. The van der Waals surface area contributed by atoms with Crippen molar-refractivity contribution < 1.29 is 22.7 Å². The van der Waals surface area contributed by atoms with E-state index in [0.29, 0.717) is 0 Å². The minimum absolute atomic E-state index is 0.0766. The average molecular weight is 288 g/mol. The van der Waals surface area contributed by atoms with E-state index in [1.807, 2.05) is 13.8 Å². The molecule has 0 aliphatic heterocycles. The summed E-state index contributed by atoms with van der Waals surface area (Å²) in [4.78, 5) is 11.0. The quantitative estimate of drug-likeness (QED) is 0.760. The third kappa shape index (κ3) is 3.32. The third-order valence-electron chi connectivity index (χ3n) is 3.53. The van der Waals surface area contributed by atoms with Gasteiger partial charge < -0.3 is 4.74 Å². The molecule has 1 aromatic carbocycles. The largest absolute Gasteiger partial charge is 0.445 e. The standard InChI is InChI=1S/C15H19F3O2/c1-5-10(2)12-6-8-13(9-7-12)14(4,15(16,17)18)20-11(3)19/h6-10H,5H2,1-4H3. The Balaban J connectivity index is 3.19. The lowest BCUT2D eigenvalue weighted by Gasteiger charge is -2.32. The van der Waals surface area contributed by atoms with Crippen LogP contribution < -0.4 is 0 Å². The zero-order valence-electron chi connectivity index (χ0n) is 12.0. The summed E-state index contributed by atoms with van der Waals surface area (Å²) in [6.45, 7) is 5.85. The van der Waals surface area contributed by atoms with Gasteiger partial charge in [-0.2, -0.15) is 13.2 Å². The zero-order chi connectivity index (χ0) is 15.6. The number of alkyl halides is 3. The predicted octanol–water partition coefficient (Wildman–Crippen LogP) is 4.54. The second-order valence-electron chi connectivity index (χ2n) is 5.06. The lowest BCUT2D eigenvalue weighted by Crippen LogP contribution is -2.43. The molecule has 20 heavy (non-hydrogen) atoms. The predicted molar refractivity (Wildman–Crippen MR) is 70.3 cm³/mol. The van der Waals surface area contributed by atoms with Crippen molar-refractivity contribution in [2.75, 3.05) is 0 Å². The average Bonchev–Trinajstić information content (AvgIpc) is 2.35. The Morgan fingerprint density at radius 2 is 1.75 bits per heavy atom. The smallest absolute Gasteiger partial charge is 0.432 e. The molecule has 5 heteroatoms. The molecular weight excluding hydrogens is 269 g/mol. The van der Waals surface area contributed by atoms with Crippen molar-refractivity contribution in [1.29, 1.82) is 0 Å². The van der Waals surface area contributed by atoms with E-state index in [9.17, 15) is 18.0 Å². The maximum absolute atomic E-state index is 13.2. The van der Waals surface area contributed by atoms with E-state index in [0.717, 1.165) is 25.8 Å². The summed E-state index contributed by atoms with van der Waals surface area (Å²) in [6, 6.07) is 6.05. The molecule has 0 amide bonds. The fraction of sp³-hybridized carbons (Fsp3) is 0.533. The van der Waals surface area contributed by atoms with Crippen molar-refractivity contribution in [3.8, 4) is 0 Å². The van der Waals surface area contributed by atoms with Crippen molar-refractivity contribution in [3.63, 3.8) is 0 Å². The van der Waals surface area contributed by atoms with Gasteiger partial charge in [0.2, 0.25) is 5.60 Å². The topological polar surface area (TPSA) is 26.3 Å². The molecule has 0 fully saturated rings. The fourth-order valence-corrected chi connectivity index (χ4v) is 1.93. The van der Waals surface area contributed by atoms with E-state index in [2.05, 4.69) is 4.74 Å². The highest BCUT2D eigenvalue weighted by atomic mass is 19.4. The number of rotatable bonds is 4. The molecule has 0 bridgehead atoms. The number of esters is 1. The van der Waals surface area contributed by atoms with E-state index in [4.69, 9.17) is 0 Å². The van der Waals surface area contributed by atoms with Crippen LogP contribution in [0.1, 0.15) is 51.2 Å². The van der Waals surface area contributed by atoms with Crippen LogP contribution in [0.2, 0.25) is 0 Å². The Kier molecular flexibility index (Phi) is 4.84. The van der Waals surface area contributed by atoms with Crippen LogP contribution in [0.5, 0.6) is 0 Å². The first-order chi connectivity index (χ1) is 9.11. The highest BCUT2D eigenvalue weighted by Crippen LogP contribution is 2.42. The van der Waals surface area contributed by atoms with Gasteiger partial charge in [-0.25, -0.2) is 0 Å². The maximum Gasteiger partial charge on any atom is 0.432 e. The first-order valence-electron chi connectivity index (χ1n) is 6.48.